The number of ether oxygens (including phenoxy) is 1. The molecule has 0 amide bonds. The Morgan fingerprint density at radius 3 is 2.86 bits per heavy atom. The number of rotatable bonds is 4. The second kappa shape index (κ2) is 5.23. The average molecular weight is 235 g/mol. The summed E-state index contributed by atoms with van der Waals surface area (Å²) in [5.41, 5.74) is 0.686. The van der Waals surface area contributed by atoms with Gasteiger partial charge in [-0.2, -0.15) is 0 Å². The molecule has 0 aliphatic rings. The molecule has 0 aromatic heterocycles. The molecule has 1 aromatic rings. The summed E-state index contributed by atoms with van der Waals surface area (Å²) in [6.45, 7) is 3.82. The summed E-state index contributed by atoms with van der Waals surface area (Å²) in [5, 5.41) is 0.0407. The van der Waals surface area contributed by atoms with E-state index >= 15 is 0 Å². The molecular weight excluding hydrogens is 226 g/mol. The molecule has 0 aliphatic heterocycles. The van der Waals surface area contributed by atoms with Gasteiger partial charge in [0.05, 0.1) is 5.02 Å². The Labute approximate surface area is 92.1 Å². The molecule has 0 N–H and O–H groups in total. The molecule has 0 radical (unpaired) electrons. The highest BCUT2D eigenvalue weighted by Gasteiger charge is 2.06. The third-order valence-corrected chi connectivity index (χ3v) is 2.21. The van der Waals surface area contributed by atoms with Gasteiger partial charge in [0.25, 0.3) is 0 Å². The van der Waals surface area contributed by atoms with Crippen molar-refractivity contribution in [2.75, 3.05) is 12.5 Å². The van der Waals surface area contributed by atoms with Crippen molar-refractivity contribution in [2.24, 2.45) is 0 Å². The van der Waals surface area contributed by atoms with Gasteiger partial charge in [-0.15, -0.1) is 11.6 Å². The van der Waals surface area contributed by atoms with Crippen molar-refractivity contribution < 1.29 is 9.13 Å². The highest BCUT2D eigenvalue weighted by molar-refractivity contribution is 6.30. The zero-order chi connectivity index (χ0) is 10.6. The van der Waals surface area contributed by atoms with E-state index in [1.165, 1.54) is 12.1 Å². The van der Waals surface area contributed by atoms with E-state index < -0.39 is 5.82 Å². The van der Waals surface area contributed by atoms with Gasteiger partial charge in [-0.05, 0) is 17.7 Å². The van der Waals surface area contributed by atoms with Crippen molar-refractivity contribution in [2.45, 2.75) is 0 Å². The third-order valence-electron chi connectivity index (χ3n) is 1.54. The maximum atomic E-state index is 13.2. The van der Waals surface area contributed by atoms with Crippen molar-refractivity contribution in [1.29, 1.82) is 0 Å². The number of alkyl halides is 1. The summed E-state index contributed by atoms with van der Waals surface area (Å²) in [5.74, 6) is -0.150. The second-order valence-electron chi connectivity index (χ2n) is 2.72. The van der Waals surface area contributed by atoms with Crippen LogP contribution in [0.1, 0.15) is 0 Å². The van der Waals surface area contributed by atoms with E-state index in [9.17, 15) is 4.39 Å². The Kier molecular flexibility index (Phi) is 4.23. The highest BCUT2D eigenvalue weighted by Crippen LogP contribution is 2.24. The molecule has 14 heavy (non-hydrogen) atoms. The van der Waals surface area contributed by atoms with Gasteiger partial charge in [-0.25, -0.2) is 4.39 Å². The van der Waals surface area contributed by atoms with Crippen molar-refractivity contribution in [1.82, 2.24) is 0 Å². The van der Waals surface area contributed by atoms with Crippen LogP contribution in [-0.4, -0.2) is 12.5 Å². The molecule has 0 unspecified atom stereocenters. The second-order valence-corrected chi connectivity index (χ2v) is 3.40. The fourth-order valence-electron chi connectivity index (χ4n) is 0.814. The minimum Gasteiger partial charge on any atom is -0.486 e. The largest absolute Gasteiger partial charge is 0.486 e. The Morgan fingerprint density at radius 2 is 2.21 bits per heavy atom. The number of hydrogen-bond donors (Lipinski definition) is 0. The van der Waals surface area contributed by atoms with Crippen LogP contribution in [0.15, 0.2) is 30.4 Å². The van der Waals surface area contributed by atoms with Crippen LogP contribution >= 0.6 is 23.2 Å². The van der Waals surface area contributed by atoms with E-state index in [0.29, 0.717) is 11.5 Å². The van der Waals surface area contributed by atoms with Crippen molar-refractivity contribution in [3.63, 3.8) is 0 Å². The van der Waals surface area contributed by atoms with Gasteiger partial charge in [0.1, 0.15) is 6.61 Å². The smallest absolute Gasteiger partial charge is 0.183 e. The monoisotopic (exact) mass is 234 g/mol. The summed E-state index contributed by atoms with van der Waals surface area (Å²) in [4.78, 5) is 0. The van der Waals surface area contributed by atoms with Gasteiger partial charge in [-0.1, -0.05) is 24.2 Å². The zero-order valence-corrected chi connectivity index (χ0v) is 8.91. The van der Waals surface area contributed by atoms with Crippen molar-refractivity contribution in [3.8, 4) is 5.75 Å². The minimum atomic E-state index is -0.559. The zero-order valence-electron chi connectivity index (χ0n) is 7.40. The Balaban J connectivity index is 2.68. The quantitative estimate of drug-likeness (QED) is 0.571. The predicted molar refractivity (Wildman–Crippen MR) is 56.8 cm³/mol. The lowest BCUT2D eigenvalue weighted by Gasteiger charge is -2.07. The van der Waals surface area contributed by atoms with E-state index in [0.717, 1.165) is 0 Å². The number of halogens is 3. The molecule has 1 rings (SSSR count). The van der Waals surface area contributed by atoms with Gasteiger partial charge in [0.2, 0.25) is 0 Å². The molecule has 76 valence electrons. The molecule has 1 aromatic carbocycles. The fraction of sp³-hybridized carbons (Fsp3) is 0.200. The Bertz CT molecular complexity index is 339. The topological polar surface area (TPSA) is 9.23 Å². The van der Waals surface area contributed by atoms with Crippen LogP contribution in [0.5, 0.6) is 5.75 Å². The maximum Gasteiger partial charge on any atom is 0.183 e. The summed E-state index contributed by atoms with van der Waals surface area (Å²) >= 11 is 11.0. The van der Waals surface area contributed by atoms with Gasteiger partial charge >= 0.3 is 0 Å². The first kappa shape index (κ1) is 11.3. The molecule has 0 spiro atoms. The molecule has 0 aliphatic carbocycles. The first-order valence-corrected chi connectivity index (χ1v) is 4.86. The Hall–Kier alpha value is -0.730. The fourth-order valence-corrected chi connectivity index (χ4v) is 1.06. The third kappa shape index (κ3) is 2.89. The minimum absolute atomic E-state index is 0.0407. The van der Waals surface area contributed by atoms with Crippen molar-refractivity contribution in [3.05, 3.63) is 41.2 Å². The molecular formula is C10H9Cl2FO. The molecule has 0 saturated carbocycles. The first-order chi connectivity index (χ1) is 6.65. The normalized spacial score (nSPS) is 9.93. The maximum absolute atomic E-state index is 13.2. The average Bonchev–Trinajstić information content (AvgIpc) is 2.20. The van der Waals surface area contributed by atoms with E-state index in [4.69, 9.17) is 27.9 Å². The molecule has 0 heterocycles. The molecule has 0 bridgehead atoms. The molecule has 0 saturated heterocycles. The number of benzene rings is 1. The lowest BCUT2D eigenvalue weighted by Crippen LogP contribution is -2.02. The van der Waals surface area contributed by atoms with E-state index in [1.807, 2.05) is 0 Å². The number of hydrogen-bond acceptors (Lipinski definition) is 1. The van der Waals surface area contributed by atoms with Gasteiger partial charge < -0.3 is 4.74 Å². The predicted octanol–water partition coefficient (Wildman–Crippen LogP) is 3.65. The lowest BCUT2D eigenvalue weighted by atomic mass is 10.3. The standard InChI is InChI=1S/C10H9Cl2FO/c1-7(5-11)6-14-9-4-2-3-8(12)10(9)13/h2-4H,1,5-6H2. The van der Waals surface area contributed by atoms with Crippen LogP contribution in [-0.2, 0) is 0 Å². The molecule has 0 fully saturated rings. The van der Waals surface area contributed by atoms with Gasteiger partial charge in [-0.3, -0.25) is 0 Å². The molecule has 1 nitrogen and oxygen atoms in total. The van der Waals surface area contributed by atoms with Crippen LogP contribution in [0.25, 0.3) is 0 Å². The molecule has 0 atom stereocenters. The summed E-state index contributed by atoms with van der Waals surface area (Å²) in [6, 6.07) is 4.58. The summed E-state index contributed by atoms with van der Waals surface area (Å²) < 4.78 is 18.4. The van der Waals surface area contributed by atoms with Crippen LogP contribution < -0.4 is 4.74 Å². The van der Waals surface area contributed by atoms with Gasteiger partial charge in [0.15, 0.2) is 11.6 Å². The van der Waals surface area contributed by atoms with E-state index in [-0.39, 0.29) is 17.4 Å². The van der Waals surface area contributed by atoms with Crippen LogP contribution in [0.3, 0.4) is 0 Å². The SMILES string of the molecule is C=C(CCl)COc1cccc(Cl)c1F. The highest BCUT2D eigenvalue weighted by atomic mass is 35.5. The van der Waals surface area contributed by atoms with Crippen LogP contribution in [0.2, 0.25) is 5.02 Å². The van der Waals surface area contributed by atoms with Crippen LogP contribution in [0.4, 0.5) is 4.39 Å². The summed E-state index contributed by atoms with van der Waals surface area (Å²) in [6.07, 6.45) is 0. The lowest BCUT2D eigenvalue weighted by molar-refractivity contribution is 0.333. The summed E-state index contributed by atoms with van der Waals surface area (Å²) in [7, 11) is 0. The van der Waals surface area contributed by atoms with E-state index in [1.54, 1.807) is 6.07 Å². The van der Waals surface area contributed by atoms with Gasteiger partial charge in [0, 0.05) is 5.88 Å². The first-order valence-electron chi connectivity index (χ1n) is 3.94. The van der Waals surface area contributed by atoms with Crippen LogP contribution in [0, 0.1) is 5.82 Å². The van der Waals surface area contributed by atoms with E-state index in [2.05, 4.69) is 6.58 Å². The molecule has 4 heteroatoms. The Morgan fingerprint density at radius 1 is 1.50 bits per heavy atom. The van der Waals surface area contributed by atoms with Crippen molar-refractivity contribution >= 4 is 23.2 Å².